The van der Waals surface area contributed by atoms with Crippen molar-refractivity contribution in [1.82, 2.24) is 14.8 Å². The van der Waals surface area contributed by atoms with E-state index >= 15 is 0 Å². The quantitative estimate of drug-likeness (QED) is 0.417. The van der Waals surface area contributed by atoms with E-state index in [1.54, 1.807) is 0 Å². The van der Waals surface area contributed by atoms with Gasteiger partial charge in [-0.1, -0.05) is 0 Å². The van der Waals surface area contributed by atoms with Crippen LogP contribution >= 0.6 is 0 Å². The molecule has 154 valence electrons. The molecule has 0 amide bonds. The molecule has 0 saturated carbocycles. The number of aliphatic hydroxyl groups is 1. The average Bonchev–Trinajstić information content (AvgIpc) is 3.14. The van der Waals surface area contributed by atoms with E-state index in [0.29, 0.717) is 16.9 Å². The molecule has 1 unspecified atom stereocenters. The number of hydrogen-bond acceptors (Lipinski definition) is 3. The number of aromatic nitrogens is 3. The van der Waals surface area contributed by atoms with Crippen LogP contribution in [-0.4, -0.2) is 34.8 Å². The average molecular weight is 476 g/mol. The van der Waals surface area contributed by atoms with E-state index in [0.717, 1.165) is 18.2 Å². The van der Waals surface area contributed by atoms with E-state index in [2.05, 4.69) is 10.1 Å². The molecular formula is C19H16F5N3OSe. The predicted octanol–water partition coefficient (Wildman–Crippen LogP) is 3.79. The van der Waals surface area contributed by atoms with Crippen molar-refractivity contribution in [3.05, 3.63) is 83.4 Å². The van der Waals surface area contributed by atoms with Crippen molar-refractivity contribution in [3.63, 3.8) is 0 Å². The molecule has 2 aromatic carbocycles. The van der Waals surface area contributed by atoms with E-state index < -0.39 is 29.0 Å². The van der Waals surface area contributed by atoms with Crippen LogP contribution in [0.1, 0.15) is 16.7 Å². The summed E-state index contributed by atoms with van der Waals surface area (Å²) in [5, 5.41) is 15.7. The van der Waals surface area contributed by atoms with Gasteiger partial charge in [-0.3, -0.25) is 0 Å². The van der Waals surface area contributed by atoms with Crippen LogP contribution in [-0.2, 0) is 23.6 Å². The molecule has 0 radical (unpaired) electrons. The Kier molecular flexibility index (Phi) is 6.36. The molecular weight excluding hydrogens is 460 g/mol. The molecule has 1 heterocycles. The van der Waals surface area contributed by atoms with E-state index in [9.17, 15) is 27.1 Å². The standard InChI is InChI=1S/C19H16F5N3OSe/c20-15-5-6-16(17(21)7-15)18(28,9-27-12-25-11-26-27)10-29-8-13-1-3-14(4-2-13)19(22,23)24/h1-7,11-12,28H,8-10H2. The van der Waals surface area contributed by atoms with Gasteiger partial charge in [-0.2, -0.15) is 0 Å². The summed E-state index contributed by atoms with van der Waals surface area (Å²) < 4.78 is 66.9. The molecule has 29 heavy (non-hydrogen) atoms. The first-order valence-corrected chi connectivity index (χ1v) is 10.8. The molecule has 3 aromatic rings. The van der Waals surface area contributed by atoms with E-state index in [-0.39, 0.29) is 32.4 Å². The Labute approximate surface area is 169 Å². The van der Waals surface area contributed by atoms with Crippen molar-refractivity contribution >= 4 is 15.0 Å². The summed E-state index contributed by atoms with van der Waals surface area (Å²) in [7, 11) is 0. The molecule has 4 nitrogen and oxygen atoms in total. The van der Waals surface area contributed by atoms with E-state index in [1.165, 1.54) is 35.5 Å². The SMILES string of the molecule is OC(C[Se]Cc1ccc(C(F)(F)F)cc1)(Cn1cncn1)c1ccc(F)cc1F. The van der Waals surface area contributed by atoms with Gasteiger partial charge in [0.25, 0.3) is 0 Å². The third kappa shape index (κ3) is 5.41. The van der Waals surface area contributed by atoms with Gasteiger partial charge in [0.2, 0.25) is 0 Å². The van der Waals surface area contributed by atoms with Crippen LogP contribution in [0.3, 0.4) is 0 Å². The zero-order chi connectivity index (χ0) is 21.1. The zero-order valence-electron chi connectivity index (χ0n) is 14.9. The maximum absolute atomic E-state index is 14.3. The Morgan fingerprint density at radius 1 is 1.03 bits per heavy atom. The Bertz CT molecular complexity index is 947. The number of hydrogen-bond donors (Lipinski definition) is 1. The number of nitrogens with zero attached hydrogens (tertiary/aromatic N) is 3. The van der Waals surface area contributed by atoms with Crippen molar-refractivity contribution in [3.8, 4) is 0 Å². The number of rotatable bonds is 7. The molecule has 1 aromatic heterocycles. The van der Waals surface area contributed by atoms with Crippen LogP contribution in [0.15, 0.2) is 55.1 Å². The topological polar surface area (TPSA) is 50.9 Å². The molecule has 0 bridgehead atoms. The van der Waals surface area contributed by atoms with Gasteiger partial charge < -0.3 is 0 Å². The Hall–Kier alpha value is -2.29. The van der Waals surface area contributed by atoms with Crippen molar-refractivity contribution in [1.29, 1.82) is 0 Å². The van der Waals surface area contributed by atoms with Crippen molar-refractivity contribution in [2.45, 2.75) is 29.0 Å². The van der Waals surface area contributed by atoms with Crippen LogP contribution in [0.4, 0.5) is 22.0 Å². The van der Waals surface area contributed by atoms with Gasteiger partial charge in [0, 0.05) is 0 Å². The third-order valence-corrected chi connectivity index (χ3v) is 6.77. The summed E-state index contributed by atoms with van der Waals surface area (Å²) >= 11 is -0.282. The molecule has 1 atom stereocenters. The molecule has 0 spiro atoms. The van der Waals surface area contributed by atoms with Crippen LogP contribution in [0.2, 0.25) is 5.32 Å². The normalized spacial score (nSPS) is 14.0. The van der Waals surface area contributed by atoms with E-state index in [1.807, 2.05) is 0 Å². The van der Waals surface area contributed by atoms with Gasteiger partial charge in [-0.15, -0.1) is 0 Å². The number of alkyl halides is 3. The summed E-state index contributed by atoms with van der Waals surface area (Å²) in [5.41, 5.74) is -1.79. The van der Waals surface area contributed by atoms with Crippen molar-refractivity contribution in [2.24, 2.45) is 0 Å². The molecule has 10 heteroatoms. The minimum atomic E-state index is -4.40. The fourth-order valence-electron chi connectivity index (χ4n) is 2.79. The number of halogens is 5. The van der Waals surface area contributed by atoms with Crippen LogP contribution in [0.25, 0.3) is 0 Å². The van der Waals surface area contributed by atoms with E-state index in [4.69, 9.17) is 0 Å². The first-order valence-electron chi connectivity index (χ1n) is 8.41. The fourth-order valence-corrected chi connectivity index (χ4v) is 5.12. The Balaban J connectivity index is 1.75. The van der Waals surface area contributed by atoms with Gasteiger partial charge >= 0.3 is 169 Å². The summed E-state index contributed by atoms with van der Waals surface area (Å²) in [5.74, 6) is -1.64. The van der Waals surface area contributed by atoms with Crippen molar-refractivity contribution < 1.29 is 27.1 Å². The molecule has 1 N–H and O–H groups in total. The van der Waals surface area contributed by atoms with Crippen molar-refractivity contribution in [2.75, 3.05) is 0 Å². The number of benzene rings is 2. The first kappa shape index (κ1) is 21.4. The third-order valence-electron chi connectivity index (χ3n) is 4.21. The molecule has 0 aliphatic carbocycles. The molecule has 0 saturated heterocycles. The summed E-state index contributed by atoms with van der Waals surface area (Å²) in [6.45, 7) is -0.0929. The van der Waals surface area contributed by atoms with Crippen LogP contribution in [0.5, 0.6) is 0 Å². The Morgan fingerprint density at radius 3 is 2.34 bits per heavy atom. The minimum absolute atomic E-state index is 0.0660. The van der Waals surface area contributed by atoms with Gasteiger partial charge in [-0.25, -0.2) is 0 Å². The molecule has 0 fully saturated rings. The summed E-state index contributed by atoms with van der Waals surface area (Å²) in [6.07, 6.45) is -1.76. The first-order chi connectivity index (χ1) is 13.7. The van der Waals surface area contributed by atoms with Gasteiger partial charge in [0.1, 0.15) is 0 Å². The van der Waals surface area contributed by atoms with Crippen LogP contribution in [0, 0.1) is 11.6 Å². The van der Waals surface area contributed by atoms with Gasteiger partial charge in [0.15, 0.2) is 0 Å². The predicted molar refractivity (Wildman–Crippen MR) is 96.0 cm³/mol. The second-order valence-electron chi connectivity index (χ2n) is 6.44. The Morgan fingerprint density at radius 2 is 1.76 bits per heavy atom. The molecule has 0 aliphatic rings. The van der Waals surface area contributed by atoms with Gasteiger partial charge in [-0.05, 0) is 0 Å². The second-order valence-corrected chi connectivity index (χ2v) is 8.50. The second kappa shape index (κ2) is 8.61. The molecule has 3 rings (SSSR count). The van der Waals surface area contributed by atoms with Crippen LogP contribution < -0.4 is 0 Å². The zero-order valence-corrected chi connectivity index (χ0v) is 16.6. The molecule has 0 aliphatic heterocycles. The summed E-state index contributed by atoms with van der Waals surface area (Å²) in [4.78, 5) is 3.79. The fraction of sp³-hybridized carbons (Fsp3) is 0.263. The maximum atomic E-state index is 14.3. The monoisotopic (exact) mass is 477 g/mol. The summed E-state index contributed by atoms with van der Waals surface area (Å²) in [6, 6.07) is 7.74. The van der Waals surface area contributed by atoms with Gasteiger partial charge in [0.05, 0.1) is 0 Å².